The smallest absolute Gasteiger partial charge is 0.317 e. The first-order valence-electron chi connectivity index (χ1n) is 8.37. The van der Waals surface area contributed by atoms with Crippen molar-refractivity contribution < 1.29 is 4.79 Å². The number of carbonyl (C=O) groups is 1. The molecule has 0 atom stereocenters. The fourth-order valence-electron chi connectivity index (χ4n) is 2.66. The molecule has 0 aliphatic carbocycles. The van der Waals surface area contributed by atoms with E-state index in [-0.39, 0.29) is 6.03 Å². The topological polar surface area (TPSA) is 32.3 Å². The van der Waals surface area contributed by atoms with Crippen LogP contribution < -0.4 is 5.32 Å². The van der Waals surface area contributed by atoms with Gasteiger partial charge in [0.1, 0.15) is 0 Å². The molecule has 0 aromatic carbocycles. The van der Waals surface area contributed by atoms with E-state index < -0.39 is 0 Å². The molecule has 0 aromatic heterocycles. The Balaban J connectivity index is 1.86. The number of carbonyl (C=O) groups excluding carboxylic acids is 1. The molecule has 1 heterocycles. The van der Waals surface area contributed by atoms with Gasteiger partial charge in [-0.3, -0.25) is 0 Å². The molecule has 19 heavy (non-hydrogen) atoms. The molecule has 1 aliphatic heterocycles. The number of piperidine rings is 1. The molecule has 1 saturated heterocycles. The predicted octanol–water partition coefficient (Wildman–Crippen LogP) is 4.32. The van der Waals surface area contributed by atoms with Crippen LogP contribution in [0.4, 0.5) is 4.79 Å². The Labute approximate surface area is 119 Å². The highest BCUT2D eigenvalue weighted by atomic mass is 16.2. The summed E-state index contributed by atoms with van der Waals surface area (Å²) < 4.78 is 0. The lowest BCUT2D eigenvalue weighted by molar-refractivity contribution is 0.186. The molecule has 0 spiro atoms. The minimum atomic E-state index is 0.155. The van der Waals surface area contributed by atoms with Crippen LogP contribution >= 0.6 is 0 Å². The summed E-state index contributed by atoms with van der Waals surface area (Å²) in [4.78, 5) is 13.8. The van der Waals surface area contributed by atoms with E-state index >= 15 is 0 Å². The number of likely N-dealkylation sites (tertiary alicyclic amines) is 1. The average molecular weight is 268 g/mol. The highest BCUT2D eigenvalue weighted by Crippen LogP contribution is 2.09. The summed E-state index contributed by atoms with van der Waals surface area (Å²) in [5, 5.41) is 3.05. The summed E-state index contributed by atoms with van der Waals surface area (Å²) in [6, 6.07) is 0.155. The molecule has 0 bridgehead atoms. The van der Waals surface area contributed by atoms with Crippen LogP contribution in [0.15, 0.2) is 0 Å². The zero-order valence-corrected chi connectivity index (χ0v) is 12.8. The molecule has 0 radical (unpaired) electrons. The quantitative estimate of drug-likeness (QED) is 0.620. The summed E-state index contributed by atoms with van der Waals surface area (Å²) >= 11 is 0. The normalized spacial score (nSPS) is 15.5. The number of hydrogen-bond acceptors (Lipinski definition) is 1. The number of nitrogens with zero attached hydrogens (tertiary/aromatic N) is 1. The molecule has 112 valence electrons. The van der Waals surface area contributed by atoms with Crippen molar-refractivity contribution in [1.82, 2.24) is 10.2 Å². The maximum atomic E-state index is 11.8. The molecule has 2 amide bonds. The summed E-state index contributed by atoms with van der Waals surface area (Å²) in [6.07, 6.45) is 14.2. The molecule has 3 nitrogen and oxygen atoms in total. The number of urea groups is 1. The van der Waals surface area contributed by atoms with Gasteiger partial charge in [-0.1, -0.05) is 51.9 Å². The first-order valence-corrected chi connectivity index (χ1v) is 8.37. The third kappa shape index (κ3) is 8.12. The molecule has 1 N–H and O–H groups in total. The minimum Gasteiger partial charge on any atom is -0.338 e. The largest absolute Gasteiger partial charge is 0.338 e. The van der Waals surface area contributed by atoms with Gasteiger partial charge in [0.2, 0.25) is 0 Å². The van der Waals surface area contributed by atoms with Gasteiger partial charge in [-0.25, -0.2) is 4.79 Å². The lowest BCUT2D eigenvalue weighted by atomic mass is 10.1. The average Bonchev–Trinajstić information content (AvgIpc) is 2.46. The van der Waals surface area contributed by atoms with Crippen LogP contribution in [0, 0.1) is 0 Å². The fraction of sp³-hybridized carbons (Fsp3) is 0.938. The number of unbranched alkanes of at least 4 members (excludes halogenated alkanes) is 7. The van der Waals surface area contributed by atoms with Gasteiger partial charge in [0.05, 0.1) is 0 Å². The van der Waals surface area contributed by atoms with Crippen LogP contribution in [0.25, 0.3) is 0 Å². The van der Waals surface area contributed by atoms with Gasteiger partial charge >= 0.3 is 6.03 Å². The lowest BCUT2D eigenvalue weighted by Crippen LogP contribution is -2.43. The summed E-state index contributed by atoms with van der Waals surface area (Å²) in [6.45, 7) is 5.00. The van der Waals surface area contributed by atoms with E-state index in [0.717, 1.165) is 26.1 Å². The summed E-state index contributed by atoms with van der Waals surface area (Å²) in [5.41, 5.74) is 0. The highest BCUT2D eigenvalue weighted by molar-refractivity contribution is 5.74. The monoisotopic (exact) mass is 268 g/mol. The van der Waals surface area contributed by atoms with Crippen molar-refractivity contribution in [2.75, 3.05) is 19.6 Å². The minimum absolute atomic E-state index is 0.155. The van der Waals surface area contributed by atoms with Crippen molar-refractivity contribution in [3.05, 3.63) is 0 Å². The summed E-state index contributed by atoms with van der Waals surface area (Å²) in [5.74, 6) is 0. The molecule has 0 unspecified atom stereocenters. The number of amides is 2. The fourth-order valence-corrected chi connectivity index (χ4v) is 2.66. The van der Waals surface area contributed by atoms with Crippen LogP contribution in [0.3, 0.4) is 0 Å². The molecule has 1 aliphatic rings. The molecule has 1 rings (SSSR count). The van der Waals surface area contributed by atoms with E-state index in [0.29, 0.717) is 0 Å². The van der Waals surface area contributed by atoms with Gasteiger partial charge in [-0.2, -0.15) is 0 Å². The molecule has 0 aromatic rings. The van der Waals surface area contributed by atoms with Crippen LogP contribution in [-0.4, -0.2) is 30.6 Å². The zero-order chi connectivity index (χ0) is 13.8. The SMILES string of the molecule is CCCCCCCCCCNC(=O)N1CCCCC1. The van der Waals surface area contributed by atoms with Gasteiger partial charge in [0, 0.05) is 19.6 Å². The van der Waals surface area contributed by atoms with E-state index in [1.165, 1.54) is 64.2 Å². The van der Waals surface area contributed by atoms with E-state index in [2.05, 4.69) is 12.2 Å². The summed E-state index contributed by atoms with van der Waals surface area (Å²) in [7, 11) is 0. The van der Waals surface area contributed by atoms with Crippen molar-refractivity contribution in [2.45, 2.75) is 77.6 Å². The molecule has 0 saturated carbocycles. The van der Waals surface area contributed by atoms with Crippen molar-refractivity contribution in [3.8, 4) is 0 Å². The first-order chi connectivity index (χ1) is 9.34. The Bertz CT molecular complexity index is 225. The van der Waals surface area contributed by atoms with Crippen LogP contribution in [0.5, 0.6) is 0 Å². The van der Waals surface area contributed by atoms with Crippen molar-refractivity contribution in [2.24, 2.45) is 0 Å². The van der Waals surface area contributed by atoms with Crippen molar-refractivity contribution in [1.29, 1.82) is 0 Å². The maximum absolute atomic E-state index is 11.8. The highest BCUT2D eigenvalue weighted by Gasteiger charge is 2.15. The van der Waals surface area contributed by atoms with Gasteiger partial charge in [-0.15, -0.1) is 0 Å². The van der Waals surface area contributed by atoms with E-state index in [9.17, 15) is 4.79 Å². The number of nitrogens with one attached hydrogen (secondary N) is 1. The predicted molar refractivity (Wildman–Crippen MR) is 81.4 cm³/mol. The second-order valence-electron chi connectivity index (χ2n) is 5.75. The van der Waals surface area contributed by atoms with Crippen molar-refractivity contribution in [3.63, 3.8) is 0 Å². The first kappa shape index (κ1) is 16.3. The maximum Gasteiger partial charge on any atom is 0.317 e. The van der Waals surface area contributed by atoms with Gasteiger partial charge in [0.15, 0.2) is 0 Å². The third-order valence-corrected chi connectivity index (χ3v) is 3.95. The zero-order valence-electron chi connectivity index (χ0n) is 12.8. The number of hydrogen-bond donors (Lipinski definition) is 1. The number of rotatable bonds is 9. The Morgan fingerprint density at radius 3 is 2.11 bits per heavy atom. The Hall–Kier alpha value is -0.730. The van der Waals surface area contributed by atoms with Crippen molar-refractivity contribution >= 4 is 6.03 Å². The standard InChI is InChI=1S/C16H32N2O/c1-2-3-4-5-6-7-8-10-13-17-16(19)18-14-11-9-12-15-18/h2-15H2,1H3,(H,17,19). The molecule has 1 fully saturated rings. The van der Waals surface area contributed by atoms with E-state index in [1.807, 2.05) is 4.90 Å². The van der Waals surface area contributed by atoms with Gasteiger partial charge in [-0.05, 0) is 25.7 Å². The van der Waals surface area contributed by atoms with Gasteiger partial charge < -0.3 is 10.2 Å². The second kappa shape index (κ2) is 11.1. The lowest BCUT2D eigenvalue weighted by Gasteiger charge is -2.26. The van der Waals surface area contributed by atoms with Gasteiger partial charge in [0.25, 0.3) is 0 Å². The molecule has 3 heteroatoms. The Morgan fingerprint density at radius 2 is 1.47 bits per heavy atom. The molecular formula is C16H32N2O. The van der Waals surface area contributed by atoms with Crippen LogP contribution in [0.2, 0.25) is 0 Å². The van der Waals surface area contributed by atoms with E-state index in [1.54, 1.807) is 0 Å². The Kier molecular flexibility index (Phi) is 9.56. The Morgan fingerprint density at radius 1 is 0.895 bits per heavy atom. The van der Waals surface area contributed by atoms with Crippen LogP contribution in [0.1, 0.15) is 77.6 Å². The second-order valence-corrected chi connectivity index (χ2v) is 5.75. The van der Waals surface area contributed by atoms with E-state index in [4.69, 9.17) is 0 Å². The third-order valence-electron chi connectivity index (χ3n) is 3.95. The molecular weight excluding hydrogens is 236 g/mol. The van der Waals surface area contributed by atoms with Crippen LogP contribution in [-0.2, 0) is 0 Å².